The highest BCUT2D eigenvalue weighted by molar-refractivity contribution is 6.43. The zero-order valence-electron chi connectivity index (χ0n) is 9.11. The van der Waals surface area contributed by atoms with Gasteiger partial charge in [0.1, 0.15) is 12.0 Å². The van der Waals surface area contributed by atoms with E-state index in [4.69, 9.17) is 28.9 Å². The van der Waals surface area contributed by atoms with Crippen LogP contribution in [0.25, 0.3) is 0 Å². The SMILES string of the molecule is Nc1cc(C(=O)NCc2ccon2)cc(Cl)c1Cl. The van der Waals surface area contributed by atoms with Gasteiger partial charge in [-0.2, -0.15) is 0 Å². The van der Waals surface area contributed by atoms with Gasteiger partial charge < -0.3 is 15.6 Å². The fraction of sp³-hybridized carbons (Fsp3) is 0.0909. The fourth-order valence-electron chi connectivity index (χ4n) is 1.34. The minimum atomic E-state index is -0.316. The van der Waals surface area contributed by atoms with Gasteiger partial charge in [-0.25, -0.2) is 0 Å². The Morgan fingerprint density at radius 1 is 1.44 bits per heavy atom. The molecule has 0 bridgehead atoms. The third kappa shape index (κ3) is 2.75. The monoisotopic (exact) mass is 285 g/mol. The zero-order valence-corrected chi connectivity index (χ0v) is 10.6. The van der Waals surface area contributed by atoms with Gasteiger partial charge in [0.05, 0.1) is 22.3 Å². The minimum absolute atomic E-state index is 0.239. The van der Waals surface area contributed by atoms with Gasteiger partial charge in [0.2, 0.25) is 0 Å². The van der Waals surface area contributed by atoms with Crippen LogP contribution in [0.3, 0.4) is 0 Å². The van der Waals surface area contributed by atoms with Crippen LogP contribution >= 0.6 is 23.2 Å². The molecule has 0 unspecified atom stereocenters. The average Bonchev–Trinajstić information content (AvgIpc) is 2.85. The minimum Gasteiger partial charge on any atom is -0.397 e. The van der Waals surface area contributed by atoms with Crippen molar-refractivity contribution in [2.45, 2.75) is 6.54 Å². The Labute approximate surface area is 113 Å². The van der Waals surface area contributed by atoms with E-state index in [2.05, 4.69) is 15.0 Å². The van der Waals surface area contributed by atoms with Crippen molar-refractivity contribution >= 4 is 34.8 Å². The second kappa shape index (κ2) is 5.29. The molecule has 2 rings (SSSR count). The molecule has 0 spiro atoms. The van der Waals surface area contributed by atoms with Gasteiger partial charge in [0.25, 0.3) is 5.91 Å². The molecule has 7 heteroatoms. The first-order chi connectivity index (χ1) is 8.58. The first-order valence-corrected chi connectivity index (χ1v) is 5.75. The molecule has 0 radical (unpaired) electrons. The summed E-state index contributed by atoms with van der Waals surface area (Å²) in [5, 5.41) is 6.81. The maximum absolute atomic E-state index is 11.8. The van der Waals surface area contributed by atoms with E-state index >= 15 is 0 Å². The topological polar surface area (TPSA) is 81.2 Å². The van der Waals surface area contributed by atoms with Crippen molar-refractivity contribution in [3.63, 3.8) is 0 Å². The van der Waals surface area contributed by atoms with E-state index < -0.39 is 0 Å². The van der Waals surface area contributed by atoms with Crippen LogP contribution in [0.15, 0.2) is 29.0 Å². The number of nitrogens with zero attached hydrogens (tertiary/aromatic N) is 1. The number of benzene rings is 1. The lowest BCUT2D eigenvalue weighted by atomic mass is 10.2. The number of hydrogen-bond acceptors (Lipinski definition) is 4. The van der Waals surface area contributed by atoms with Gasteiger partial charge in [-0.1, -0.05) is 28.4 Å². The molecule has 1 aromatic heterocycles. The Kier molecular flexibility index (Phi) is 3.74. The van der Waals surface area contributed by atoms with Crippen LogP contribution < -0.4 is 11.1 Å². The molecule has 0 aliphatic rings. The standard InChI is InChI=1S/C11H9Cl2N3O2/c12-8-3-6(4-9(14)10(8)13)11(17)15-5-7-1-2-18-16-7/h1-4H,5,14H2,(H,15,17). The van der Waals surface area contributed by atoms with E-state index in [-0.39, 0.29) is 28.2 Å². The highest BCUT2D eigenvalue weighted by atomic mass is 35.5. The Bertz CT molecular complexity index is 547. The number of nitrogen functional groups attached to an aromatic ring is 1. The van der Waals surface area contributed by atoms with Crippen LogP contribution in [-0.4, -0.2) is 11.1 Å². The Morgan fingerprint density at radius 2 is 2.22 bits per heavy atom. The number of hydrogen-bond donors (Lipinski definition) is 2. The second-order valence-electron chi connectivity index (χ2n) is 3.53. The summed E-state index contributed by atoms with van der Waals surface area (Å²) < 4.78 is 4.65. The maximum atomic E-state index is 11.8. The number of halogens is 2. The maximum Gasteiger partial charge on any atom is 0.251 e. The summed E-state index contributed by atoms with van der Waals surface area (Å²) in [7, 11) is 0. The number of aromatic nitrogens is 1. The molecule has 3 N–H and O–H groups in total. The van der Waals surface area contributed by atoms with Crippen molar-refractivity contribution in [1.29, 1.82) is 0 Å². The lowest BCUT2D eigenvalue weighted by molar-refractivity contribution is 0.0950. The molecule has 0 aliphatic heterocycles. The van der Waals surface area contributed by atoms with Gasteiger partial charge in [-0.3, -0.25) is 4.79 Å². The molecule has 18 heavy (non-hydrogen) atoms. The summed E-state index contributed by atoms with van der Waals surface area (Å²) >= 11 is 11.6. The smallest absolute Gasteiger partial charge is 0.251 e. The van der Waals surface area contributed by atoms with Crippen molar-refractivity contribution in [2.24, 2.45) is 0 Å². The van der Waals surface area contributed by atoms with Crippen molar-refractivity contribution < 1.29 is 9.32 Å². The van der Waals surface area contributed by atoms with E-state index in [0.717, 1.165) is 0 Å². The zero-order chi connectivity index (χ0) is 13.1. The number of anilines is 1. The van der Waals surface area contributed by atoms with Gasteiger partial charge in [0, 0.05) is 11.6 Å². The third-order valence-corrected chi connectivity index (χ3v) is 3.06. The van der Waals surface area contributed by atoms with Crippen LogP contribution in [0, 0.1) is 0 Å². The number of carbonyl (C=O) groups excluding carboxylic acids is 1. The molecule has 0 atom stereocenters. The van der Waals surface area contributed by atoms with Crippen molar-refractivity contribution in [3.05, 3.63) is 45.8 Å². The van der Waals surface area contributed by atoms with Gasteiger partial charge >= 0.3 is 0 Å². The normalized spacial score (nSPS) is 10.3. The van der Waals surface area contributed by atoms with E-state index in [9.17, 15) is 4.79 Å². The second-order valence-corrected chi connectivity index (χ2v) is 4.32. The number of rotatable bonds is 3. The number of nitrogens with one attached hydrogen (secondary N) is 1. The van der Waals surface area contributed by atoms with E-state index in [1.807, 2.05) is 0 Å². The quantitative estimate of drug-likeness (QED) is 0.849. The summed E-state index contributed by atoms with van der Waals surface area (Å²) in [5.74, 6) is -0.316. The number of amides is 1. The lowest BCUT2D eigenvalue weighted by Gasteiger charge is -2.06. The molecule has 0 fully saturated rings. The van der Waals surface area contributed by atoms with Crippen molar-refractivity contribution in [3.8, 4) is 0 Å². The average molecular weight is 286 g/mol. The summed E-state index contributed by atoms with van der Waals surface area (Å²) in [6.07, 6.45) is 1.43. The largest absolute Gasteiger partial charge is 0.397 e. The molecule has 1 aromatic carbocycles. The Hall–Kier alpha value is -1.72. The molecule has 2 aromatic rings. The van der Waals surface area contributed by atoms with Gasteiger partial charge in [0.15, 0.2) is 0 Å². The van der Waals surface area contributed by atoms with Crippen LogP contribution in [-0.2, 0) is 6.54 Å². The fourth-order valence-corrected chi connectivity index (χ4v) is 1.68. The molecular weight excluding hydrogens is 277 g/mol. The summed E-state index contributed by atoms with van der Waals surface area (Å²) in [6.45, 7) is 0.259. The molecule has 1 amide bonds. The molecule has 0 saturated carbocycles. The first kappa shape index (κ1) is 12.7. The summed E-state index contributed by atoms with van der Waals surface area (Å²) in [5.41, 5.74) is 6.85. The number of carbonyl (C=O) groups is 1. The predicted molar refractivity (Wildman–Crippen MR) is 68.5 cm³/mol. The molecule has 94 valence electrons. The summed E-state index contributed by atoms with van der Waals surface area (Å²) in [4.78, 5) is 11.8. The molecule has 0 aliphatic carbocycles. The Morgan fingerprint density at radius 3 is 2.83 bits per heavy atom. The van der Waals surface area contributed by atoms with Gasteiger partial charge in [-0.05, 0) is 12.1 Å². The van der Waals surface area contributed by atoms with Crippen molar-refractivity contribution in [1.82, 2.24) is 10.5 Å². The third-order valence-electron chi connectivity index (χ3n) is 2.24. The van der Waals surface area contributed by atoms with E-state index in [1.54, 1.807) is 6.07 Å². The predicted octanol–water partition coefficient (Wildman–Crippen LogP) is 2.49. The van der Waals surface area contributed by atoms with Crippen molar-refractivity contribution in [2.75, 3.05) is 5.73 Å². The van der Waals surface area contributed by atoms with Crippen LogP contribution in [0.4, 0.5) is 5.69 Å². The molecular formula is C11H9Cl2N3O2. The Balaban J connectivity index is 2.09. The lowest BCUT2D eigenvalue weighted by Crippen LogP contribution is -2.23. The molecule has 0 saturated heterocycles. The summed E-state index contributed by atoms with van der Waals surface area (Å²) in [6, 6.07) is 4.58. The number of nitrogens with two attached hydrogens (primary N) is 1. The highest BCUT2D eigenvalue weighted by Crippen LogP contribution is 2.29. The van der Waals surface area contributed by atoms with Crippen LogP contribution in [0.1, 0.15) is 16.1 Å². The van der Waals surface area contributed by atoms with E-state index in [1.165, 1.54) is 18.4 Å². The van der Waals surface area contributed by atoms with Gasteiger partial charge in [-0.15, -0.1) is 0 Å². The van der Waals surface area contributed by atoms with Crippen LogP contribution in [0.5, 0.6) is 0 Å². The first-order valence-electron chi connectivity index (χ1n) is 5.00. The molecule has 5 nitrogen and oxygen atoms in total. The van der Waals surface area contributed by atoms with Crippen LogP contribution in [0.2, 0.25) is 10.0 Å². The van der Waals surface area contributed by atoms with E-state index in [0.29, 0.717) is 11.3 Å². The highest BCUT2D eigenvalue weighted by Gasteiger charge is 2.11. The molecule has 1 heterocycles.